The van der Waals surface area contributed by atoms with Gasteiger partial charge in [0.25, 0.3) is 0 Å². The molecule has 1 atom stereocenters. The SMILES string of the molecule is CCCN1CCN(Cc2ccc(C)o2)C(CC(=O)O)C1=O. The first-order valence-electron chi connectivity index (χ1n) is 7.31. The fourth-order valence-electron chi connectivity index (χ4n) is 2.72. The minimum Gasteiger partial charge on any atom is -0.481 e. The molecule has 0 radical (unpaired) electrons. The summed E-state index contributed by atoms with van der Waals surface area (Å²) in [6.07, 6.45) is 0.710. The summed E-state index contributed by atoms with van der Waals surface area (Å²) >= 11 is 0. The van der Waals surface area contributed by atoms with Crippen molar-refractivity contribution in [2.75, 3.05) is 19.6 Å². The molecular formula is C15H22N2O4. The van der Waals surface area contributed by atoms with Gasteiger partial charge in [-0.1, -0.05) is 6.92 Å². The van der Waals surface area contributed by atoms with Gasteiger partial charge in [0.1, 0.15) is 17.6 Å². The van der Waals surface area contributed by atoms with E-state index in [1.54, 1.807) is 4.90 Å². The highest BCUT2D eigenvalue weighted by Crippen LogP contribution is 2.19. The molecule has 1 unspecified atom stereocenters. The Balaban J connectivity index is 2.11. The van der Waals surface area contributed by atoms with Crippen LogP contribution in [0.25, 0.3) is 0 Å². The largest absolute Gasteiger partial charge is 0.481 e. The number of piperazine rings is 1. The number of aryl methyl sites for hydroxylation is 1. The average Bonchev–Trinajstić information content (AvgIpc) is 2.82. The van der Waals surface area contributed by atoms with Crippen LogP contribution >= 0.6 is 0 Å². The number of aliphatic carboxylic acids is 1. The number of carboxylic acid groups (broad SMARTS) is 1. The fourth-order valence-corrected chi connectivity index (χ4v) is 2.72. The van der Waals surface area contributed by atoms with Crippen molar-refractivity contribution in [1.82, 2.24) is 9.80 Å². The normalized spacial score (nSPS) is 20.0. The van der Waals surface area contributed by atoms with E-state index in [1.165, 1.54) is 0 Å². The lowest BCUT2D eigenvalue weighted by Crippen LogP contribution is -2.57. The molecule has 1 saturated heterocycles. The maximum absolute atomic E-state index is 12.4. The summed E-state index contributed by atoms with van der Waals surface area (Å²) in [5.74, 6) is 0.538. The first-order chi connectivity index (χ1) is 10.0. The van der Waals surface area contributed by atoms with E-state index in [9.17, 15) is 9.59 Å². The van der Waals surface area contributed by atoms with Crippen molar-refractivity contribution >= 4 is 11.9 Å². The Morgan fingerprint density at radius 1 is 1.43 bits per heavy atom. The van der Waals surface area contributed by atoms with Gasteiger partial charge in [0.15, 0.2) is 0 Å². The number of furan rings is 1. The summed E-state index contributed by atoms with van der Waals surface area (Å²) in [4.78, 5) is 27.2. The van der Waals surface area contributed by atoms with Crippen molar-refractivity contribution in [1.29, 1.82) is 0 Å². The Morgan fingerprint density at radius 2 is 2.19 bits per heavy atom. The molecule has 2 rings (SSSR count). The zero-order chi connectivity index (χ0) is 15.4. The monoisotopic (exact) mass is 294 g/mol. The fraction of sp³-hybridized carbons (Fsp3) is 0.600. The van der Waals surface area contributed by atoms with E-state index in [2.05, 4.69) is 0 Å². The molecule has 1 aromatic rings. The predicted octanol–water partition coefficient (Wildman–Crippen LogP) is 1.49. The number of amides is 1. The molecule has 1 aliphatic heterocycles. The van der Waals surface area contributed by atoms with E-state index < -0.39 is 12.0 Å². The van der Waals surface area contributed by atoms with Gasteiger partial charge in [-0.2, -0.15) is 0 Å². The van der Waals surface area contributed by atoms with E-state index >= 15 is 0 Å². The van der Waals surface area contributed by atoms with Gasteiger partial charge in [-0.05, 0) is 25.5 Å². The molecule has 116 valence electrons. The molecule has 0 spiro atoms. The third-order valence-corrected chi connectivity index (χ3v) is 3.71. The lowest BCUT2D eigenvalue weighted by atomic mass is 10.1. The number of hydrogen-bond donors (Lipinski definition) is 1. The molecular weight excluding hydrogens is 272 g/mol. The second-order valence-electron chi connectivity index (χ2n) is 5.42. The maximum atomic E-state index is 12.4. The highest BCUT2D eigenvalue weighted by atomic mass is 16.4. The molecule has 1 N–H and O–H groups in total. The van der Waals surface area contributed by atoms with Crippen LogP contribution in [0.15, 0.2) is 16.5 Å². The lowest BCUT2D eigenvalue weighted by molar-refractivity contribution is -0.149. The summed E-state index contributed by atoms with van der Waals surface area (Å²) in [5.41, 5.74) is 0. The van der Waals surface area contributed by atoms with Crippen molar-refractivity contribution < 1.29 is 19.1 Å². The van der Waals surface area contributed by atoms with E-state index in [1.807, 2.05) is 30.9 Å². The van der Waals surface area contributed by atoms with Crippen LogP contribution in [0.5, 0.6) is 0 Å². The molecule has 1 aliphatic rings. The molecule has 0 aliphatic carbocycles. The third kappa shape index (κ3) is 3.85. The van der Waals surface area contributed by atoms with Gasteiger partial charge in [-0.25, -0.2) is 0 Å². The number of carboxylic acids is 1. The van der Waals surface area contributed by atoms with Crippen LogP contribution in [0, 0.1) is 6.92 Å². The van der Waals surface area contributed by atoms with Crippen molar-refractivity contribution in [3.05, 3.63) is 23.7 Å². The van der Waals surface area contributed by atoms with Crippen LogP contribution in [0.1, 0.15) is 31.3 Å². The molecule has 1 fully saturated rings. The predicted molar refractivity (Wildman–Crippen MR) is 76.8 cm³/mol. The number of carbonyl (C=O) groups is 2. The van der Waals surface area contributed by atoms with Crippen LogP contribution in [0.2, 0.25) is 0 Å². The molecule has 0 aromatic carbocycles. The van der Waals surface area contributed by atoms with Crippen molar-refractivity contribution in [3.8, 4) is 0 Å². The van der Waals surface area contributed by atoms with E-state index in [0.29, 0.717) is 26.2 Å². The van der Waals surface area contributed by atoms with Crippen LogP contribution in [0.4, 0.5) is 0 Å². The van der Waals surface area contributed by atoms with Crippen LogP contribution in [-0.4, -0.2) is 52.5 Å². The Bertz CT molecular complexity index is 512. The van der Waals surface area contributed by atoms with Gasteiger partial charge < -0.3 is 14.4 Å². The van der Waals surface area contributed by atoms with Crippen LogP contribution in [0.3, 0.4) is 0 Å². The first-order valence-corrected chi connectivity index (χ1v) is 7.31. The van der Waals surface area contributed by atoms with Gasteiger partial charge in [0, 0.05) is 19.6 Å². The van der Waals surface area contributed by atoms with Gasteiger partial charge >= 0.3 is 5.97 Å². The van der Waals surface area contributed by atoms with Crippen LogP contribution in [-0.2, 0) is 16.1 Å². The third-order valence-electron chi connectivity index (χ3n) is 3.71. The van der Waals surface area contributed by atoms with Crippen molar-refractivity contribution in [2.45, 2.75) is 39.3 Å². The average molecular weight is 294 g/mol. The number of rotatable bonds is 6. The van der Waals surface area contributed by atoms with Gasteiger partial charge in [-0.15, -0.1) is 0 Å². The highest BCUT2D eigenvalue weighted by molar-refractivity contribution is 5.86. The van der Waals surface area contributed by atoms with Crippen molar-refractivity contribution in [3.63, 3.8) is 0 Å². The highest BCUT2D eigenvalue weighted by Gasteiger charge is 2.36. The molecule has 1 amide bonds. The summed E-state index contributed by atoms with van der Waals surface area (Å²) in [6, 6.07) is 3.14. The first kappa shape index (κ1) is 15.6. The Labute approximate surface area is 124 Å². The van der Waals surface area contributed by atoms with Gasteiger partial charge in [0.05, 0.1) is 13.0 Å². The summed E-state index contributed by atoms with van der Waals surface area (Å²) in [5, 5.41) is 9.07. The molecule has 0 bridgehead atoms. The molecule has 2 heterocycles. The molecule has 0 saturated carbocycles. The number of carbonyl (C=O) groups excluding carboxylic acids is 1. The Kier molecular flexibility index (Phi) is 5.01. The molecule has 21 heavy (non-hydrogen) atoms. The van der Waals surface area contributed by atoms with E-state index in [0.717, 1.165) is 17.9 Å². The summed E-state index contributed by atoms with van der Waals surface area (Å²) in [7, 11) is 0. The summed E-state index contributed by atoms with van der Waals surface area (Å²) < 4.78 is 5.54. The number of hydrogen-bond acceptors (Lipinski definition) is 4. The lowest BCUT2D eigenvalue weighted by Gasteiger charge is -2.39. The molecule has 1 aromatic heterocycles. The zero-order valence-electron chi connectivity index (χ0n) is 12.5. The second kappa shape index (κ2) is 6.76. The van der Waals surface area contributed by atoms with Crippen LogP contribution < -0.4 is 0 Å². The summed E-state index contributed by atoms with van der Waals surface area (Å²) in [6.45, 7) is 6.34. The second-order valence-corrected chi connectivity index (χ2v) is 5.42. The quantitative estimate of drug-likeness (QED) is 0.860. The standard InChI is InChI=1S/C15H22N2O4/c1-3-6-16-7-8-17(10-12-5-4-11(2)21-12)13(15(16)20)9-14(18)19/h4-5,13H,3,6-10H2,1-2H3,(H,18,19). The van der Waals surface area contributed by atoms with Gasteiger partial charge in [-0.3, -0.25) is 14.5 Å². The topological polar surface area (TPSA) is 74.0 Å². The molecule has 6 heteroatoms. The van der Waals surface area contributed by atoms with Gasteiger partial charge in [0.2, 0.25) is 5.91 Å². The Morgan fingerprint density at radius 3 is 2.76 bits per heavy atom. The van der Waals surface area contributed by atoms with Crippen molar-refractivity contribution in [2.24, 2.45) is 0 Å². The Hall–Kier alpha value is -1.82. The minimum absolute atomic E-state index is 0.0891. The maximum Gasteiger partial charge on any atom is 0.305 e. The van der Waals surface area contributed by atoms with E-state index in [4.69, 9.17) is 9.52 Å². The number of nitrogens with zero attached hydrogens (tertiary/aromatic N) is 2. The molecule has 6 nitrogen and oxygen atoms in total. The zero-order valence-corrected chi connectivity index (χ0v) is 12.5. The van der Waals surface area contributed by atoms with E-state index in [-0.39, 0.29) is 12.3 Å². The minimum atomic E-state index is -0.952. The smallest absolute Gasteiger partial charge is 0.305 e.